The van der Waals surface area contributed by atoms with Gasteiger partial charge in [-0.25, -0.2) is 0 Å². The number of aliphatic carboxylic acids is 1. The highest BCUT2D eigenvalue weighted by Crippen LogP contribution is 2.47. The lowest BCUT2D eigenvalue weighted by Crippen LogP contribution is -2.42. The van der Waals surface area contributed by atoms with Crippen molar-refractivity contribution in [3.8, 4) is 0 Å². The molecule has 2 aliphatic carbocycles. The van der Waals surface area contributed by atoms with Crippen LogP contribution in [0.15, 0.2) is 23.8 Å². The van der Waals surface area contributed by atoms with Crippen LogP contribution in [0.4, 0.5) is 0 Å². The van der Waals surface area contributed by atoms with Crippen molar-refractivity contribution in [1.29, 1.82) is 0 Å². The Balaban J connectivity index is 2.04. The monoisotopic (exact) mass is 304 g/mol. The molecule has 0 heterocycles. The number of hydrogen-bond donors (Lipinski definition) is 1. The molecule has 2 rings (SSSR count). The summed E-state index contributed by atoms with van der Waals surface area (Å²) in [5.74, 6) is 0.872. The number of rotatable bonds is 4. The van der Waals surface area contributed by atoms with Gasteiger partial charge in [0, 0.05) is 0 Å². The zero-order chi connectivity index (χ0) is 16.4. The summed E-state index contributed by atoms with van der Waals surface area (Å²) in [5, 5.41) is 9.73. The van der Waals surface area contributed by atoms with Gasteiger partial charge in [0.1, 0.15) is 0 Å². The van der Waals surface area contributed by atoms with E-state index in [4.69, 9.17) is 0 Å². The van der Waals surface area contributed by atoms with Gasteiger partial charge in [-0.05, 0) is 54.9 Å². The Hall–Kier alpha value is -1.05. The second kappa shape index (κ2) is 6.60. The molecule has 0 saturated heterocycles. The largest absolute Gasteiger partial charge is 0.481 e. The van der Waals surface area contributed by atoms with Crippen molar-refractivity contribution < 1.29 is 9.90 Å². The maximum absolute atomic E-state index is 11.8. The number of carboxylic acid groups (broad SMARTS) is 1. The first-order valence-corrected chi connectivity index (χ1v) is 8.93. The van der Waals surface area contributed by atoms with Crippen LogP contribution >= 0.6 is 0 Å². The quantitative estimate of drug-likeness (QED) is 0.734. The molecule has 0 aliphatic heterocycles. The lowest BCUT2D eigenvalue weighted by atomic mass is 9.62. The molecule has 1 fully saturated rings. The van der Waals surface area contributed by atoms with Crippen molar-refractivity contribution in [2.45, 2.75) is 72.6 Å². The summed E-state index contributed by atoms with van der Waals surface area (Å²) in [6.07, 6.45) is 14.8. The van der Waals surface area contributed by atoms with Crippen molar-refractivity contribution in [3.05, 3.63) is 23.8 Å². The van der Waals surface area contributed by atoms with Gasteiger partial charge in [0.15, 0.2) is 0 Å². The molecule has 0 amide bonds. The summed E-state index contributed by atoms with van der Waals surface area (Å²) >= 11 is 0. The normalized spacial score (nSPS) is 32.6. The van der Waals surface area contributed by atoms with Crippen LogP contribution in [0.1, 0.15) is 72.6 Å². The summed E-state index contributed by atoms with van der Waals surface area (Å²) in [6.45, 7) is 8.36. The van der Waals surface area contributed by atoms with Crippen molar-refractivity contribution in [2.75, 3.05) is 0 Å². The Morgan fingerprint density at radius 3 is 2.32 bits per heavy atom. The first-order valence-electron chi connectivity index (χ1n) is 8.93. The van der Waals surface area contributed by atoms with Gasteiger partial charge >= 0.3 is 5.97 Å². The number of hydrogen-bond acceptors (Lipinski definition) is 1. The highest BCUT2D eigenvalue weighted by atomic mass is 16.4. The molecule has 124 valence electrons. The zero-order valence-corrected chi connectivity index (χ0v) is 14.7. The van der Waals surface area contributed by atoms with Gasteiger partial charge in [0.2, 0.25) is 0 Å². The Labute approximate surface area is 135 Å². The highest BCUT2D eigenvalue weighted by Gasteiger charge is 2.47. The van der Waals surface area contributed by atoms with E-state index < -0.39 is 11.4 Å². The fourth-order valence-electron chi connectivity index (χ4n) is 4.18. The Morgan fingerprint density at radius 2 is 1.91 bits per heavy atom. The van der Waals surface area contributed by atoms with Gasteiger partial charge in [-0.3, -0.25) is 4.79 Å². The standard InChI is InChI=1S/C20H32O2/c1-5-6-15-7-9-16(10-8-15)17-11-13-20(14-12-17,18(21)22)19(2,3)4/h11-13,15-16H,5-10,14H2,1-4H3,(H,21,22). The van der Waals surface area contributed by atoms with E-state index in [1.54, 1.807) is 0 Å². The molecular weight excluding hydrogens is 272 g/mol. The van der Waals surface area contributed by atoms with Crippen LogP contribution in [0.3, 0.4) is 0 Å². The third-order valence-corrected chi connectivity index (χ3v) is 5.96. The summed E-state index contributed by atoms with van der Waals surface area (Å²) in [4.78, 5) is 11.8. The van der Waals surface area contributed by atoms with Crippen molar-refractivity contribution in [2.24, 2.45) is 22.7 Å². The minimum Gasteiger partial charge on any atom is -0.481 e. The van der Waals surface area contributed by atoms with Crippen LogP contribution in [-0.2, 0) is 4.79 Å². The van der Waals surface area contributed by atoms with Gasteiger partial charge in [-0.1, -0.05) is 58.8 Å². The third-order valence-electron chi connectivity index (χ3n) is 5.96. The maximum atomic E-state index is 11.8. The van der Waals surface area contributed by atoms with Crippen molar-refractivity contribution in [1.82, 2.24) is 0 Å². The molecule has 22 heavy (non-hydrogen) atoms. The lowest BCUT2D eigenvalue weighted by Gasteiger charge is -2.41. The Bertz CT molecular complexity index is 459. The second-order valence-electron chi connectivity index (χ2n) is 8.27. The van der Waals surface area contributed by atoms with Gasteiger partial charge < -0.3 is 5.11 Å². The van der Waals surface area contributed by atoms with Crippen molar-refractivity contribution in [3.63, 3.8) is 0 Å². The van der Waals surface area contributed by atoms with Crippen molar-refractivity contribution >= 4 is 5.97 Å². The molecule has 0 bridgehead atoms. The molecular formula is C20H32O2. The summed E-state index contributed by atoms with van der Waals surface area (Å²) in [5.41, 5.74) is 0.363. The predicted molar refractivity (Wildman–Crippen MR) is 91.7 cm³/mol. The number of allylic oxidation sites excluding steroid dienone is 3. The molecule has 1 atom stereocenters. The highest BCUT2D eigenvalue weighted by molar-refractivity contribution is 5.79. The average molecular weight is 304 g/mol. The van der Waals surface area contributed by atoms with E-state index >= 15 is 0 Å². The van der Waals surface area contributed by atoms with E-state index in [2.05, 4.69) is 19.1 Å². The molecule has 2 aliphatic rings. The van der Waals surface area contributed by atoms with E-state index in [0.29, 0.717) is 12.3 Å². The van der Waals surface area contributed by atoms with E-state index in [-0.39, 0.29) is 5.41 Å². The van der Waals surface area contributed by atoms with Crippen LogP contribution < -0.4 is 0 Å². The topological polar surface area (TPSA) is 37.3 Å². The average Bonchev–Trinajstić information content (AvgIpc) is 2.47. The van der Waals surface area contributed by atoms with Gasteiger partial charge in [-0.2, -0.15) is 0 Å². The molecule has 1 N–H and O–H groups in total. The minimum absolute atomic E-state index is 0.268. The summed E-state index contributed by atoms with van der Waals surface area (Å²) in [7, 11) is 0. The number of carbonyl (C=O) groups is 1. The van der Waals surface area contributed by atoms with Crippen LogP contribution in [0, 0.1) is 22.7 Å². The molecule has 2 nitrogen and oxygen atoms in total. The third kappa shape index (κ3) is 3.31. The van der Waals surface area contributed by atoms with Crippen LogP contribution in [-0.4, -0.2) is 11.1 Å². The van der Waals surface area contributed by atoms with Crippen LogP contribution in [0.5, 0.6) is 0 Å². The van der Waals surface area contributed by atoms with Gasteiger partial charge in [0.05, 0.1) is 5.41 Å². The van der Waals surface area contributed by atoms with Gasteiger partial charge in [0.25, 0.3) is 0 Å². The predicted octanol–water partition coefficient (Wildman–Crippen LogP) is 5.60. The fourth-order valence-corrected chi connectivity index (χ4v) is 4.18. The lowest BCUT2D eigenvalue weighted by molar-refractivity contribution is -0.151. The van der Waals surface area contributed by atoms with Gasteiger partial charge in [-0.15, -0.1) is 0 Å². The zero-order valence-electron chi connectivity index (χ0n) is 14.7. The van der Waals surface area contributed by atoms with E-state index in [9.17, 15) is 9.90 Å². The Kier molecular flexibility index (Phi) is 5.19. The smallest absolute Gasteiger partial charge is 0.314 e. The SMILES string of the molecule is CCCC1CCC(C2=CCC(C(=O)O)(C(C)(C)C)C=C2)CC1. The minimum atomic E-state index is -0.754. The molecule has 2 heteroatoms. The molecule has 1 saturated carbocycles. The fraction of sp³-hybridized carbons (Fsp3) is 0.750. The molecule has 0 aromatic carbocycles. The van der Waals surface area contributed by atoms with E-state index in [0.717, 1.165) is 5.92 Å². The number of carboxylic acids is 1. The second-order valence-corrected chi connectivity index (χ2v) is 8.27. The Morgan fingerprint density at radius 1 is 1.27 bits per heavy atom. The first kappa shape index (κ1) is 17.3. The van der Waals surface area contributed by atoms with E-state index in [1.165, 1.54) is 44.1 Å². The summed E-state index contributed by atoms with van der Waals surface area (Å²) in [6, 6.07) is 0. The molecule has 0 aromatic heterocycles. The molecule has 0 aromatic rings. The summed E-state index contributed by atoms with van der Waals surface area (Å²) < 4.78 is 0. The molecule has 1 unspecified atom stereocenters. The van der Waals surface area contributed by atoms with E-state index in [1.807, 2.05) is 26.8 Å². The first-order chi connectivity index (χ1) is 10.3. The van der Waals surface area contributed by atoms with Crippen LogP contribution in [0.25, 0.3) is 0 Å². The maximum Gasteiger partial charge on any atom is 0.314 e. The molecule has 0 radical (unpaired) electrons. The molecule has 0 spiro atoms. The van der Waals surface area contributed by atoms with Crippen LogP contribution in [0.2, 0.25) is 0 Å².